The highest BCUT2D eigenvalue weighted by molar-refractivity contribution is 5.91. The van der Waals surface area contributed by atoms with E-state index in [-0.39, 0.29) is 29.1 Å². The SMILES string of the molecule is Cc1c(F)ccc(C(=O)O)c1OC1CCN(C(=O)OC(C)(C)C)CC1. The molecule has 6 nitrogen and oxygen atoms in total. The Labute approximate surface area is 146 Å². The van der Waals surface area contributed by atoms with Gasteiger partial charge in [-0.05, 0) is 39.8 Å². The summed E-state index contributed by atoms with van der Waals surface area (Å²) in [4.78, 5) is 25.0. The van der Waals surface area contributed by atoms with Crippen LogP contribution in [-0.4, -0.2) is 46.9 Å². The lowest BCUT2D eigenvalue weighted by Crippen LogP contribution is -2.44. The minimum absolute atomic E-state index is 0.0585. The Morgan fingerprint density at radius 2 is 1.84 bits per heavy atom. The third kappa shape index (κ3) is 4.84. The summed E-state index contributed by atoms with van der Waals surface area (Å²) < 4.78 is 24.9. The Morgan fingerprint density at radius 1 is 1.24 bits per heavy atom. The zero-order valence-electron chi connectivity index (χ0n) is 15.0. The molecule has 1 fully saturated rings. The number of carbonyl (C=O) groups is 2. The predicted molar refractivity (Wildman–Crippen MR) is 89.6 cm³/mol. The minimum atomic E-state index is -1.16. The van der Waals surface area contributed by atoms with Crippen molar-refractivity contribution in [2.45, 2.75) is 52.2 Å². The summed E-state index contributed by atoms with van der Waals surface area (Å²) in [7, 11) is 0. The first-order valence-electron chi connectivity index (χ1n) is 8.25. The quantitative estimate of drug-likeness (QED) is 0.898. The molecule has 0 unspecified atom stereocenters. The summed E-state index contributed by atoms with van der Waals surface area (Å²) in [6.45, 7) is 7.79. The molecule has 1 aliphatic heterocycles. The largest absolute Gasteiger partial charge is 0.489 e. The maximum atomic E-state index is 13.8. The predicted octanol–water partition coefficient (Wildman–Crippen LogP) is 3.61. The van der Waals surface area contributed by atoms with Gasteiger partial charge < -0.3 is 19.5 Å². The van der Waals surface area contributed by atoms with Gasteiger partial charge in [0.15, 0.2) is 0 Å². The number of rotatable bonds is 3. The molecule has 0 bridgehead atoms. The van der Waals surface area contributed by atoms with Crippen LogP contribution in [0.1, 0.15) is 49.5 Å². The van der Waals surface area contributed by atoms with Crippen LogP contribution < -0.4 is 4.74 Å². The number of nitrogens with zero attached hydrogens (tertiary/aromatic N) is 1. The maximum Gasteiger partial charge on any atom is 0.410 e. The van der Waals surface area contributed by atoms with Gasteiger partial charge in [-0.2, -0.15) is 0 Å². The van der Waals surface area contributed by atoms with Gasteiger partial charge in [-0.3, -0.25) is 0 Å². The summed E-state index contributed by atoms with van der Waals surface area (Å²) in [5.74, 6) is -1.61. The number of amides is 1. The molecule has 7 heteroatoms. The number of likely N-dealkylation sites (tertiary alicyclic amines) is 1. The highest BCUT2D eigenvalue weighted by Gasteiger charge is 2.29. The van der Waals surface area contributed by atoms with E-state index in [2.05, 4.69) is 0 Å². The van der Waals surface area contributed by atoms with Crippen LogP contribution in [0.3, 0.4) is 0 Å². The van der Waals surface area contributed by atoms with Gasteiger partial charge in [-0.25, -0.2) is 14.0 Å². The second-order valence-electron chi connectivity index (χ2n) is 7.14. The van der Waals surface area contributed by atoms with Crippen molar-refractivity contribution in [2.24, 2.45) is 0 Å². The van der Waals surface area contributed by atoms with Crippen LogP contribution in [0, 0.1) is 12.7 Å². The summed E-state index contributed by atoms with van der Waals surface area (Å²) in [5.41, 5.74) is -0.442. The Bertz CT molecular complexity index is 660. The number of benzene rings is 1. The van der Waals surface area contributed by atoms with Crippen LogP contribution in [0.25, 0.3) is 0 Å². The van der Waals surface area contributed by atoms with Crippen LogP contribution >= 0.6 is 0 Å². The number of aromatic carboxylic acids is 1. The molecule has 1 saturated heterocycles. The lowest BCUT2D eigenvalue weighted by atomic mass is 10.1. The van der Waals surface area contributed by atoms with E-state index in [1.54, 1.807) is 25.7 Å². The van der Waals surface area contributed by atoms with Gasteiger partial charge >= 0.3 is 12.1 Å². The molecule has 1 aromatic carbocycles. The topological polar surface area (TPSA) is 76.1 Å². The summed E-state index contributed by atoms with van der Waals surface area (Å²) in [6, 6.07) is 2.33. The zero-order chi connectivity index (χ0) is 18.8. The van der Waals surface area contributed by atoms with Gasteiger partial charge in [0.2, 0.25) is 0 Å². The van der Waals surface area contributed by atoms with Crippen molar-refractivity contribution >= 4 is 12.1 Å². The summed E-state index contributed by atoms with van der Waals surface area (Å²) >= 11 is 0. The molecule has 1 heterocycles. The third-order valence-corrected chi connectivity index (χ3v) is 3.95. The van der Waals surface area contributed by atoms with E-state index in [1.807, 2.05) is 0 Å². The number of carbonyl (C=O) groups excluding carboxylic acids is 1. The second kappa shape index (κ2) is 7.29. The van der Waals surface area contributed by atoms with Crippen molar-refractivity contribution in [1.29, 1.82) is 0 Å². The normalized spacial score (nSPS) is 15.8. The van der Waals surface area contributed by atoms with E-state index < -0.39 is 17.4 Å². The minimum Gasteiger partial charge on any atom is -0.489 e. The van der Waals surface area contributed by atoms with Gasteiger partial charge in [0, 0.05) is 31.5 Å². The van der Waals surface area contributed by atoms with Crippen molar-refractivity contribution in [3.05, 3.63) is 29.1 Å². The van der Waals surface area contributed by atoms with Gasteiger partial charge in [0.1, 0.15) is 28.8 Å². The van der Waals surface area contributed by atoms with Crippen molar-refractivity contribution in [3.8, 4) is 5.75 Å². The van der Waals surface area contributed by atoms with E-state index in [1.165, 1.54) is 13.0 Å². The fraction of sp³-hybridized carbons (Fsp3) is 0.556. The van der Waals surface area contributed by atoms with E-state index >= 15 is 0 Å². The lowest BCUT2D eigenvalue weighted by Gasteiger charge is -2.34. The summed E-state index contributed by atoms with van der Waals surface area (Å²) in [5, 5.41) is 9.26. The average molecular weight is 353 g/mol. The lowest BCUT2D eigenvalue weighted by molar-refractivity contribution is 0.0125. The number of carboxylic acids is 1. The Hall–Kier alpha value is -2.31. The van der Waals surface area contributed by atoms with Crippen LogP contribution in [-0.2, 0) is 4.74 Å². The molecular formula is C18H24FNO5. The van der Waals surface area contributed by atoms with Crippen molar-refractivity contribution in [1.82, 2.24) is 4.90 Å². The second-order valence-corrected chi connectivity index (χ2v) is 7.14. The molecule has 1 amide bonds. The molecule has 0 radical (unpaired) electrons. The van der Waals surface area contributed by atoms with E-state index in [4.69, 9.17) is 9.47 Å². The van der Waals surface area contributed by atoms with Gasteiger partial charge in [0.25, 0.3) is 0 Å². The molecular weight excluding hydrogens is 329 g/mol. The van der Waals surface area contributed by atoms with Gasteiger partial charge in [-0.1, -0.05) is 0 Å². The Morgan fingerprint density at radius 3 is 2.36 bits per heavy atom. The number of hydrogen-bond donors (Lipinski definition) is 1. The van der Waals surface area contributed by atoms with Crippen LogP contribution in [0.5, 0.6) is 5.75 Å². The van der Waals surface area contributed by atoms with Gasteiger partial charge in [-0.15, -0.1) is 0 Å². The number of ether oxygens (including phenoxy) is 2. The van der Waals surface area contributed by atoms with Crippen molar-refractivity contribution in [2.75, 3.05) is 13.1 Å². The smallest absolute Gasteiger partial charge is 0.410 e. The Kier molecular flexibility index (Phi) is 5.55. The first-order chi connectivity index (χ1) is 11.6. The monoisotopic (exact) mass is 353 g/mol. The molecule has 25 heavy (non-hydrogen) atoms. The zero-order valence-corrected chi connectivity index (χ0v) is 15.0. The van der Waals surface area contributed by atoms with Crippen molar-refractivity contribution < 1.29 is 28.6 Å². The number of hydrogen-bond acceptors (Lipinski definition) is 4. The molecule has 0 saturated carbocycles. The average Bonchev–Trinajstić information content (AvgIpc) is 2.50. The molecule has 1 aromatic rings. The fourth-order valence-corrected chi connectivity index (χ4v) is 2.64. The molecule has 0 aliphatic carbocycles. The molecule has 0 spiro atoms. The highest BCUT2D eigenvalue weighted by Crippen LogP contribution is 2.29. The fourth-order valence-electron chi connectivity index (χ4n) is 2.64. The summed E-state index contributed by atoms with van der Waals surface area (Å²) in [6.07, 6.45) is 0.388. The molecule has 2 rings (SSSR count). The van der Waals surface area contributed by atoms with E-state index in [9.17, 15) is 19.1 Å². The van der Waals surface area contributed by atoms with Crippen molar-refractivity contribution in [3.63, 3.8) is 0 Å². The molecule has 1 N–H and O–H groups in total. The first-order valence-corrected chi connectivity index (χ1v) is 8.25. The van der Waals surface area contributed by atoms with Crippen LogP contribution in [0.15, 0.2) is 12.1 Å². The molecule has 0 aromatic heterocycles. The number of piperidine rings is 1. The third-order valence-electron chi connectivity index (χ3n) is 3.95. The molecule has 138 valence electrons. The van der Waals surface area contributed by atoms with E-state index in [0.717, 1.165) is 6.07 Å². The molecule has 0 atom stereocenters. The standard InChI is InChI=1S/C18H24FNO5/c1-11-14(19)6-5-13(16(21)22)15(11)24-12-7-9-20(10-8-12)17(23)25-18(2,3)4/h5-6,12H,7-10H2,1-4H3,(H,21,22). The van der Waals surface area contributed by atoms with Crippen LogP contribution in [0.2, 0.25) is 0 Å². The maximum absolute atomic E-state index is 13.8. The van der Waals surface area contributed by atoms with Crippen LogP contribution in [0.4, 0.5) is 9.18 Å². The highest BCUT2D eigenvalue weighted by atomic mass is 19.1. The molecule has 1 aliphatic rings. The van der Waals surface area contributed by atoms with E-state index in [0.29, 0.717) is 25.9 Å². The van der Waals surface area contributed by atoms with Gasteiger partial charge in [0.05, 0.1) is 0 Å². The number of halogens is 1. The first kappa shape index (κ1) is 19.0. The Balaban J connectivity index is 2.02. The number of carboxylic acid groups (broad SMARTS) is 1.